The fourth-order valence-electron chi connectivity index (χ4n) is 1.21. The van der Waals surface area contributed by atoms with Gasteiger partial charge in [-0.15, -0.1) is 0 Å². The van der Waals surface area contributed by atoms with E-state index in [-0.39, 0.29) is 5.54 Å². The summed E-state index contributed by atoms with van der Waals surface area (Å²) in [6.45, 7) is 10.7. The van der Waals surface area contributed by atoms with Crippen LogP contribution in [-0.4, -0.2) is 50.8 Å². The molecule has 0 aromatic heterocycles. The highest BCUT2D eigenvalue weighted by Crippen LogP contribution is 1.97. The molecule has 0 aromatic rings. The summed E-state index contributed by atoms with van der Waals surface area (Å²) in [6.07, 6.45) is 1.11. The lowest BCUT2D eigenvalue weighted by atomic mass is 10.1. The summed E-state index contributed by atoms with van der Waals surface area (Å²) in [6, 6.07) is 0. The van der Waals surface area contributed by atoms with Gasteiger partial charge < -0.3 is 15.0 Å². The Morgan fingerprint density at radius 3 is 2.36 bits per heavy atom. The van der Waals surface area contributed by atoms with Gasteiger partial charge in [0.2, 0.25) is 0 Å². The lowest BCUT2D eigenvalue weighted by molar-refractivity contribution is 0.179. The fourth-order valence-corrected chi connectivity index (χ4v) is 1.21. The highest BCUT2D eigenvalue weighted by atomic mass is 16.5. The number of likely N-dealkylation sites (N-methyl/N-ethyl adjacent to an activating group) is 1. The van der Waals surface area contributed by atoms with E-state index in [9.17, 15) is 0 Å². The van der Waals surface area contributed by atoms with E-state index >= 15 is 0 Å². The Labute approximate surface area is 88.8 Å². The van der Waals surface area contributed by atoms with Crippen LogP contribution in [0, 0.1) is 0 Å². The fraction of sp³-hybridized carbons (Fsp3) is 1.00. The van der Waals surface area contributed by atoms with Crippen molar-refractivity contribution < 1.29 is 4.74 Å². The lowest BCUT2D eigenvalue weighted by Crippen LogP contribution is -2.40. The zero-order valence-corrected chi connectivity index (χ0v) is 10.4. The number of ether oxygens (including phenoxy) is 1. The molecule has 14 heavy (non-hydrogen) atoms. The summed E-state index contributed by atoms with van der Waals surface area (Å²) in [7, 11) is 3.90. The molecule has 1 N–H and O–H groups in total. The van der Waals surface area contributed by atoms with Crippen LogP contribution in [0.3, 0.4) is 0 Å². The van der Waals surface area contributed by atoms with Crippen LogP contribution in [0.5, 0.6) is 0 Å². The predicted octanol–water partition coefficient (Wildman–Crippen LogP) is 1.34. The molecule has 0 fully saturated rings. The van der Waals surface area contributed by atoms with Crippen LogP contribution in [0.2, 0.25) is 0 Å². The molecule has 0 aliphatic rings. The maximum Gasteiger partial charge on any atom is 0.0474 e. The monoisotopic (exact) mass is 202 g/mol. The molecule has 0 atom stereocenters. The van der Waals surface area contributed by atoms with Gasteiger partial charge in [0.05, 0.1) is 0 Å². The Hall–Kier alpha value is -0.120. The van der Waals surface area contributed by atoms with Gasteiger partial charge in [-0.25, -0.2) is 0 Å². The number of methoxy groups -OCH3 is 1. The third-order valence-corrected chi connectivity index (χ3v) is 2.04. The van der Waals surface area contributed by atoms with Gasteiger partial charge in [-0.05, 0) is 34.2 Å². The van der Waals surface area contributed by atoms with E-state index in [2.05, 4.69) is 38.0 Å². The molecule has 0 saturated heterocycles. The van der Waals surface area contributed by atoms with E-state index in [0.717, 1.165) is 32.7 Å². The number of nitrogens with zero attached hydrogens (tertiary/aromatic N) is 1. The van der Waals surface area contributed by atoms with Gasteiger partial charge in [0.1, 0.15) is 0 Å². The Morgan fingerprint density at radius 1 is 1.21 bits per heavy atom. The van der Waals surface area contributed by atoms with Crippen LogP contribution in [-0.2, 0) is 4.74 Å². The zero-order valence-electron chi connectivity index (χ0n) is 10.4. The van der Waals surface area contributed by atoms with Gasteiger partial charge >= 0.3 is 0 Å². The summed E-state index contributed by atoms with van der Waals surface area (Å²) in [5, 5.41) is 3.47. The average Bonchev–Trinajstić information content (AvgIpc) is 2.02. The van der Waals surface area contributed by atoms with Crippen LogP contribution in [0.25, 0.3) is 0 Å². The number of nitrogens with one attached hydrogen (secondary N) is 1. The van der Waals surface area contributed by atoms with E-state index < -0.39 is 0 Å². The molecule has 0 aromatic carbocycles. The molecule has 0 heterocycles. The van der Waals surface area contributed by atoms with Crippen LogP contribution in [0.1, 0.15) is 27.2 Å². The third-order valence-electron chi connectivity index (χ3n) is 2.04. The first-order chi connectivity index (χ1) is 6.45. The SMILES string of the molecule is COCCCN(C)CCNC(C)(C)C. The Balaban J connectivity index is 3.31. The normalized spacial score (nSPS) is 12.4. The topological polar surface area (TPSA) is 24.5 Å². The highest BCUT2D eigenvalue weighted by Gasteiger charge is 2.07. The summed E-state index contributed by atoms with van der Waals surface area (Å²) in [4.78, 5) is 2.33. The highest BCUT2D eigenvalue weighted by molar-refractivity contribution is 4.70. The molecular weight excluding hydrogens is 176 g/mol. The lowest BCUT2D eigenvalue weighted by Gasteiger charge is -2.23. The molecule has 0 bridgehead atoms. The van der Waals surface area contributed by atoms with Gasteiger partial charge in [0.25, 0.3) is 0 Å². The quantitative estimate of drug-likeness (QED) is 0.631. The minimum atomic E-state index is 0.230. The number of rotatable bonds is 7. The maximum atomic E-state index is 5.01. The molecule has 0 rings (SSSR count). The van der Waals surface area contributed by atoms with Gasteiger partial charge in [0, 0.05) is 38.9 Å². The molecule has 0 unspecified atom stereocenters. The second-order valence-electron chi connectivity index (χ2n) is 4.83. The molecule has 0 spiro atoms. The third kappa shape index (κ3) is 9.96. The molecule has 3 heteroatoms. The summed E-state index contributed by atoms with van der Waals surface area (Å²) < 4.78 is 5.01. The minimum Gasteiger partial charge on any atom is -0.385 e. The van der Waals surface area contributed by atoms with Crippen LogP contribution in [0.15, 0.2) is 0 Å². The first-order valence-corrected chi connectivity index (χ1v) is 5.38. The second kappa shape index (κ2) is 7.21. The summed E-state index contributed by atoms with van der Waals surface area (Å²) >= 11 is 0. The van der Waals surface area contributed by atoms with Crippen molar-refractivity contribution in [2.75, 3.05) is 40.4 Å². The average molecular weight is 202 g/mol. The van der Waals surface area contributed by atoms with Gasteiger partial charge in [-0.2, -0.15) is 0 Å². The van der Waals surface area contributed by atoms with E-state index in [0.29, 0.717) is 0 Å². The zero-order chi connectivity index (χ0) is 11.0. The van der Waals surface area contributed by atoms with Gasteiger partial charge in [-0.1, -0.05) is 0 Å². The summed E-state index contributed by atoms with van der Waals surface area (Å²) in [5.74, 6) is 0. The number of hydrogen-bond donors (Lipinski definition) is 1. The largest absolute Gasteiger partial charge is 0.385 e. The molecule has 0 amide bonds. The van der Waals surface area contributed by atoms with Crippen molar-refractivity contribution in [3.8, 4) is 0 Å². The van der Waals surface area contributed by atoms with Crippen molar-refractivity contribution in [2.45, 2.75) is 32.7 Å². The van der Waals surface area contributed by atoms with Crippen LogP contribution >= 0.6 is 0 Å². The van der Waals surface area contributed by atoms with Crippen molar-refractivity contribution in [1.29, 1.82) is 0 Å². The van der Waals surface area contributed by atoms with E-state index in [4.69, 9.17) is 4.74 Å². The van der Waals surface area contributed by atoms with Crippen LogP contribution in [0.4, 0.5) is 0 Å². The van der Waals surface area contributed by atoms with Crippen molar-refractivity contribution in [1.82, 2.24) is 10.2 Å². The van der Waals surface area contributed by atoms with E-state index in [1.807, 2.05) is 0 Å². The predicted molar refractivity (Wildman–Crippen MR) is 61.7 cm³/mol. The smallest absolute Gasteiger partial charge is 0.0474 e. The van der Waals surface area contributed by atoms with Crippen molar-refractivity contribution in [2.24, 2.45) is 0 Å². The van der Waals surface area contributed by atoms with E-state index in [1.165, 1.54) is 0 Å². The van der Waals surface area contributed by atoms with E-state index in [1.54, 1.807) is 7.11 Å². The maximum absolute atomic E-state index is 5.01. The Morgan fingerprint density at radius 2 is 1.86 bits per heavy atom. The first kappa shape index (κ1) is 13.9. The van der Waals surface area contributed by atoms with Crippen LogP contribution < -0.4 is 5.32 Å². The molecular formula is C11H26N2O. The molecule has 86 valence electrons. The molecule has 0 aliphatic carbocycles. The van der Waals surface area contributed by atoms with Gasteiger partial charge in [-0.3, -0.25) is 0 Å². The number of hydrogen-bond acceptors (Lipinski definition) is 3. The Bertz CT molecular complexity index is 132. The molecule has 0 saturated carbocycles. The van der Waals surface area contributed by atoms with Gasteiger partial charge in [0.15, 0.2) is 0 Å². The van der Waals surface area contributed by atoms with Crippen molar-refractivity contribution in [3.05, 3.63) is 0 Å². The second-order valence-corrected chi connectivity index (χ2v) is 4.83. The minimum absolute atomic E-state index is 0.230. The Kier molecular flexibility index (Phi) is 7.15. The summed E-state index contributed by atoms with van der Waals surface area (Å²) in [5.41, 5.74) is 0.230. The molecule has 0 radical (unpaired) electrons. The first-order valence-electron chi connectivity index (χ1n) is 5.38. The molecule has 0 aliphatic heterocycles. The standard InChI is InChI=1S/C11H26N2O/c1-11(2,3)12-7-9-13(4)8-6-10-14-5/h12H,6-10H2,1-5H3. The van der Waals surface area contributed by atoms with Crippen molar-refractivity contribution in [3.63, 3.8) is 0 Å². The molecule has 3 nitrogen and oxygen atoms in total. The van der Waals surface area contributed by atoms with Crippen molar-refractivity contribution >= 4 is 0 Å².